The van der Waals surface area contributed by atoms with Crippen molar-refractivity contribution in [3.8, 4) is 10.4 Å². The van der Waals surface area contributed by atoms with E-state index in [1.807, 2.05) is 29.2 Å². The number of hydrogen-bond acceptors (Lipinski definition) is 7. The fourth-order valence-electron chi connectivity index (χ4n) is 4.14. The third-order valence-corrected chi connectivity index (χ3v) is 7.57. The zero-order valence-corrected chi connectivity index (χ0v) is 21.1. The molecule has 2 N–H and O–H groups in total. The van der Waals surface area contributed by atoms with E-state index in [0.717, 1.165) is 40.5 Å². The molecule has 1 aliphatic carbocycles. The monoisotopic (exact) mass is 506 g/mol. The largest absolute Gasteiger partial charge is 0.453 e. The van der Waals surface area contributed by atoms with Crippen LogP contribution in [0.15, 0.2) is 24.3 Å². The fraction of sp³-hybridized carbons (Fsp3) is 0.542. The number of aromatic nitrogens is 1. The lowest BCUT2D eigenvalue weighted by atomic mass is 10.1. The van der Waals surface area contributed by atoms with Crippen molar-refractivity contribution in [1.29, 1.82) is 0 Å². The molecule has 1 aromatic carbocycles. The van der Waals surface area contributed by atoms with Gasteiger partial charge in [0, 0.05) is 30.7 Å². The van der Waals surface area contributed by atoms with Gasteiger partial charge >= 0.3 is 6.09 Å². The molecule has 0 spiro atoms. The summed E-state index contributed by atoms with van der Waals surface area (Å²) in [6, 6.07) is 7.81. The minimum absolute atomic E-state index is 0.0329. The number of carbonyl (C=O) groups excluding carboxylic acids is 2. The van der Waals surface area contributed by atoms with Crippen LogP contribution in [0.25, 0.3) is 10.4 Å². The Morgan fingerprint density at radius 3 is 2.91 bits per heavy atom. The summed E-state index contributed by atoms with van der Waals surface area (Å²) in [6.07, 6.45) is 2.52. The fourth-order valence-corrected chi connectivity index (χ4v) is 5.49. The third kappa shape index (κ3) is 6.07. The van der Waals surface area contributed by atoms with E-state index in [0.29, 0.717) is 37.6 Å². The number of methoxy groups -OCH3 is 1. The average molecular weight is 507 g/mol. The predicted octanol–water partition coefficient (Wildman–Crippen LogP) is 3.79. The Morgan fingerprint density at radius 1 is 1.41 bits per heavy atom. The average Bonchev–Trinajstić information content (AvgIpc) is 3.59. The van der Waals surface area contributed by atoms with Gasteiger partial charge in [-0.1, -0.05) is 23.7 Å². The number of thiazole rings is 1. The Labute approximate surface area is 209 Å². The van der Waals surface area contributed by atoms with Crippen molar-refractivity contribution in [3.05, 3.63) is 40.0 Å². The first-order valence-electron chi connectivity index (χ1n) is 11.7. The van der Waals surface area contributed by atoms with Crippen LogP contribution in [0.1, 0.15) is 42.9 Å². The maximum absolute atomic E-state index is 13.4. The molecule has 1 saturated heterocycles. The van der Waals surface area contributed by atoms with Gasteiger partial charge in [0.2, 0.25) is 0 Å². The number of rotatable bonds is 9. The van der Waals surface area contributed by atoms with Crippen molar-refractivity contribution in [3.63, 3.8) is 0 Å². The van der Waals surface area contributed by atoms with Gasteiger partial charge in [-0.3, -0.25) is 4.79 Å². The van der Waals surface area contributed by atoms with Crippen LogP contribution in [0.4, 0.5) is 4.79 Å². The van der Waals surface area contributed by atoms with Crippen molar-refractivity contribution < 1.29 is 19.1 Å². The van der Waals surface area contributed by atoms with Gasteiger partial charge < -0.3 is 25.0 Å². The van der Waals surface area contributed by atoms with Gasteiger partial charge in [-0.05, 0) is 50.3 Å². The second kappa shape index (κ2) is 11.5. The summed E-state index contributed by atoms with van der Waals surface area (Å²) >= 11 is 7.88. The normalized spacial score (nSPS) is 18.9. The SMILES string of the molecule is COC(=O)NCCCc1nc([C@@H](C)N(C(=O)[C@H]2CNCCO2)C2CC2)sc1-c1cccc(Cl)c1. The molecule has 2 amide bonds. The molecule has 2 fully saturated rings. The molecule has 34 heavy (non-hydrogen) atoms. The highest BCUT2D eigenvalue weighted by atomic mass is 35.5. The Bertz CT molecular complexity index is 1010. The van der Waals surface area contributed by atoms with Gasteiger partial charge in [0.15, 0.2) is 0 Å². The lowest BCUT2D eigenvalue weighted by Gasteiger charge is -2.33. The number of morpholine rings is 1. The summed E-state index contributed by atoms with van der Waals surface area (Å²) < 4.78 is 10.4. The predicted molar refractivity (Wildman–Crippen MR) is 132 cm³/mol. The van der Waals surface area contributed by atoms with Crippen molar-refractivity contribution in [2.75, 3.05) is 33.4 Å². The van der Waals surface area contributed by atoms with E-state index in [4.69, 9.17) is 21.3 Å². The number of nitrogens with zero attached hydrogens (tertiary/aromatic N) is 2. The standard InChI is InChI=1S/C24H31ClN4O4S/c1-15(29(18-8-9-18)23(30)20-14-26-11-12-33-20)22-28-19(7-4-10-27-24(31)32-2)21(34-22)16-5-3-6-17(25)13-16/h3,5-6,13,15,18,20,26H,4,7-12,14H2,1-2H3,(H,27,31)/t15-,20-/m1/s1. The zero-order chi connectivity index (χ0) is 24.1. The van der Waals surface area contributed by atoms with Crippen LogP contribution in [-0.4, -0.2) is 67.4 Å². The number of amides is 2. The Kier molecular flexibility index (Phi) is 8.41. The first-order chi connectivity index (χ1) is 16.5. The van der Waals surface area contributed by atoms with Crippen LogP contribution >= 0.6 is 22.9 Å². The quantitative estimate of drug-likeness (QED) is 0.503. The Hall–Kier alpha value is -2.20. The molecular formula is C24H31ClN4O4S. The Morgan fingerprint density at radius 2 is 2.24 bits per heavy atom. The lowest BCUT2D eigenvalue weighted by Crippen LogP contribution is -2.50. The molecule has 2 aliphatic rings. The molecule has 4 rings (SSSR count). The van der Waals surface area contributed by atoms with Crippen LogP contribution < -0.4 is 10.6 Å². The van der Waals surface area contributed by atoms with Gasteiger partial charge in [0.05, 0.1) is 30.3 Å². The summed E-state index contributed by atoms with van der Waals surface area (Å²) in [5, 5.41) is 7.53. The second-order valence-electron chi connectivity index (χ2n) is 8.58. The van der Waals surface area contributed by atoms with Crippen LogP contribution in [0.5, 0.6) is 0 Å². The molecular weight excluding hydrogens is 476 g/mol. The van der Waals surface area contributed by atoms with Gasteiger partial charge in [0.1, 0.15) is 11.1 Å². The van der Waals surface area contributed by atoms with E-state index < -0.39 is 12.2 Å². The van der Waals surface area contributed by atoms with Crippen LogP contribution in [0, 0.1) is 0 Å². The van der Waals surface area contributed by atoms with Crippen molar-refractivity contribution in [2.45, 2.75) is 50.8 Å². The number of aryl methyl sites for hydroxylation is 1. The molecule has 184 valence electrons. The van der Waals surface area contributed by atoms with Crippen molar-refractivity contribution in [2.24, 2.45) is 0 Å². The summed E-state index contributed by atoms with van der Waals surface area (Å²) in [7, 11) is 1.35. The topological polar surface area (TPSA) is 92.8 Å². The van der Waals surface area contributed by atoms with E-state index in [9.17, 15) is 9.59 Å². The maximum atomic E-state index is 13.4. The lowest BCUT2D eigenvalue weighted by molar-refractivity contribution is -0.148. The molecule has 1 aromatic heterocycles. The zero-order valence-electron chi connectivity index (χ0n) is 19.5. The first kappa shape index (κ1) is 24.9. The number of hydrogen-bond donors (Lipinski definition) is 2. The number of benzene rings is 1. The molecule has 2 aromatic rings. The minimum atomic E-state index is -0.451. The summed E-state index contributed by atoms with van der Waals surface area (Å²) in [5.74, 6) is 0.0329. The van der Waals surface area contributed by atoms with Crippen molar-refractivity contribution in [1.82, 2.24) is 20.5 Å². The highest BCUT2D eigenvalue weighted by Gasteiger charge is 2.41. The van der Waals surface area contributed by atoms with Crippen LogP contribution in [0.3, 0.4) is 0 Å². The summed E-state index contributed by atoms with van der Waals surface area (Å²) in [4.78, 5) is 32.7. The second-order valence-corrected chi connectivity index (χ2v) is 10.0. The Balaban J connectivity index is 1.57. The van der Waals surface area contributed by atoms with Gasteiger partial charge in [-0.15, -0.1) is 11.3 Å². The molecule has 10 heteroatoms. The van der Waals surface area contributed by atoms with Crippen LogP contribution in [-0.2, 0) is 20.7 Å². The number of alkyl carbamates (subject to hydrolysis) is 1. The smallest absolute Gasteiger partial charge is 0.406 e. The number of halogens is 1. The highest BCUT2D eigenvalue weighted by molar-refractivity contribution is 7.15. The molecule has 1 aliphatic heterocycles. The van der Waals surface area contributed by atoms with E-state index in [2.05, 4.69) is 22.3 Å². The molecule has 0 radical (unpaired) electrons. The van der Waals surface area contributed by atoms with E-state index in [-0.39, 0.29) is 18.0 Å². The number of carbonyl (C=O) groups is 2. The molecule has 2 atom stereocenters. The van der Waals surface area contributed by atoms with Gasteiger partial charge in [-0.25, -0.2) is 9.78 Å². The molecule has 0 bridgehead atoms. The van der Waals surface area contributed by atoms with E-state index >= 15 is 0 Å². The minimum Gasteiger partial charge on any atom is -0.453 e. The molecule has 2 heterocycles. The first-order valence-corrected chi connectivity index (χ1v) is 12.9. The summed E-state index contributed by atoms with van der Waals surface area (Å²) in [6.45, 7) is 4.40. The highest BCUT2D eigenvalue weighted by Crippen LogP contribution is 2.40. The van der Waals surface area contributed by atoms with Gasteiger partial charge in [-0.2, -0.15) is 0 Å². The third-order valence-electron chi connectivity index (χ3n) is 6.02. The van der Waals surface area contributed by atoms with E-state index in [1.165, 1.54) is 7.11 Å². The van der Waals surface area contributed by atoms with E-state index in [1.54, 1.807) is 11.3 Å². The number of nitrogens with one attached hydrogen (secondary N) is 2. The van der Waals surface area contributed by atoms with Gasteiger partial charge in [0.25, 0.3) is 5.91 Å². The molecule has 8 nitrogen and oxygen atoms in total. The number of ether oxygens (including phenoxy) is 2. The van der Waals surface area contributed by atoms with Crippen molar-refractivity contribution >= 4 is 34.9 Å². The summed E-state index contributed by atoms with van der Waals surface area (Å²) in [5.41, 5.74) is 1.95. The molecule has 0 unspecified atom stereocenters. The maximum Gasteiger partial charge on any atom is 0.406 e. The van der Waals surface area contributed by atoms with Crippen LogP contribution in [0.2, 0.25) is 5.02 Å². The molecule has 1 saturated carbocycles.